The standard InChI is InChI=1S/C27H25Cl2N3O2S/c1-34-18-8-10-23-21(16-18)26(20-9-7-17(28)15-24(20)31-23)30-12-4-13-32-25(33)11-14-35-27(32)19-5-2-3-6-22(19)29/h2-3,5-10,15-16,27H,4,11-14H2,1H3,(H,30,31). The van der Waals surface area contributed by atoms with E-state index in [4.69, 9.17) is 32.9 Å². The van der Waals surface area contributed by atoms with Crippen molar-refractivity contribution in [2.24, 2.45) is 0 Å². The number of aromatic nitrogens is 1. The summed E-state index contributed by atoms with van der Waals surface area (Å²) < 4.78 is 5.45. The fourth-order valence-electron chi connectivity index (χ4n) is 4.47. The number of amides is 1. The van der Waals surface area contributed by atoms with Crippen LogP contribution in [0.5, 0.6) is 5.75 Å². The minimum Gasteiger partial charge on any atom is -0.497 e. The van der Waals surface area contributed by atoms with Crippen molar-refractivity contribution in [3.8, 4) is 5.75 Å². The number of nitrogens with one attached hydrogen (secondary N) is 1. The van der Waals surface area contributed by atoms with Gasteiger partial charge in [0, 0.05) is 51.6 Å². The van der Waals surface area contributed by atoms with Crippen LogP contribution in [0.4, 0.5) is 5.69 Å². The van der Waals surface area contributed by atoms with Gasteiger partial charge in [-0.2, -0.15) is 0 Å². The number of ether oxygens (including phenoxy) is 1. The number of anilines is 1. The van der Waals surface area contributed by atoms with Crippen molar-refractivity contribution in [2.75, 3.05) is 31.3 Å². The number of hydrogen-bond acceptors (Lipinski definition) is 5. The molecule has 1 N–H and O–H groups in total. The Kier molecular flexibility index (Phi) is 7.23. The third kappa shape index (κ3) is 5.01. The second kappa shape index (κ2) is 10.5. The molecular weight excluding hydrogens is 501 g/mol. The van der Waals surface area contributed by atoms with Crippen LogP contribution in [0.25, 0.3) is 21.8 Å². The predicted molar refractivity (Wildman–Crippen MR) is 147 cm³/mol. The number of fused-ring (bicyclic) bond motifs is 2. The molecule has 5 rings (SSSR count). The number of hydrogen-bond donors (Lipinski definition) is 1. The highest BCUT2D eigenvalue weighted by molar-refractivity contribution is 7.99. The molecule has 0 spiro atoms. The van der Waals surface area contributed by atoms with Crippen molar-refractivity contribution in [1.82, 2.24) is 9.88 Å². The third-order valence-corrected chi connectivity index (χ3v) is 8.03. The average molecular weight is 526 g/mol. The molecule has 8 heteroatoms. The number of nitrogens with zero attached hydrogens (tertiary/aromatic N) is 2. The molecular formula is C27H25Cl2N3O2S. The lowest BCUT2D eigenvalue weighted by Crippen LogP contribution is -2.38. The molecule has 0 radical (unpaired) electrons. The van der Waals surface area contributed by atoms with Crippen LogP contribution < -0.4 is 10.1 Å². The number of carbonyl (C=O) groups excluding carboxylic acids is 1. The Morgan fingerprint density at radius 3 is 2.77 bits per heavy atom. The summed E-state index contributed by atoms with van der Waals surface area (Å²) in [6.45, 7) is 1.34. The molecule has 1 fully saturated rings. The molecule has 3 aromatic carbocycles. The Balaban J connectivity index is 1.38. The largest absolute Gasteiger partial charge is 0.497 e. The Labute approximate surface area is 218 Å². The molecule has 1 aliphatic heterocycles. The molecule has 0 saturated carbocycles. The van der Waals surface area contributed by atoms with Crippen LogP contribution in [0.3, 0.4) is 0 Å². The smallest absolute Gasteiger partial charge is 0.224 e. The van der Waals surface area contributed by atoms with Crippen molar-refractivity contribution in [3.63, 3.8) is 0 Å². The zero-order valence-electron chi connectivity index (χ0n) is 19.3. The quantitative estimate of drug-likeness (QED) is 0.204. The summed E-state index contributed by atoms with van der Waals surface area (Å²) in [4.78, 5) is 19.6. The summed E-state index contributed by atoms with van der Waals surface area (Å²) in [5.74, 6) is 1.75. The second-order valence-corrected chi connectivity index (χ2v) is 10.4. The first kappa shape index (κ1) is 24.0. The Morgan fingerprint density at radius 2 is 1.94 bits per heavy atom. The van der Waals surface area contributed by atoms with E-state index in [1.807, 2.05) is 65.6 Å². The molecule has 0 aliphatic carbocycles. The highest BCUT2D eigenvalue weighted by Gasteiger charge is 2.30. The lowest BCUT2D eigenvalue weighted by Gasteiger charge is -2.36. The molecule has 4 aromatic rings. The van der Waals surface area contributed by atoms with E-state index in [0.717, 1.165) is 51.0 Å². The van der Waals surface area contributed by atoms with Gasteiger partial charge in [0.2, 0.25) is 5.91 Å². The summed E-state index contributed by atoms with van der Waals surface area (Å²) in [6.07, 6.45) is 1.34. The molecule has 180 valence electrons. The van der Waals surface area contributed by atoms with Gasteiger partial charge in [0.1, 0.15) is 11.1 Å². The molecule has 1 atom stereocenters. The molecule has 2 heterocycles. The van der Waals surface area contributed by atoms with E-state index in [0.29, 0.717) is 29.6 Å². The first-order valence-electron chi connectivity index (χ1n) is 11.5. The molecule has 1 aromatic heterocycles. The van der Waals surface area contributed by atoms with Gasteiger partial charge in [-0.3, -0.25) is 4.79 Å². The molecule has 1 aliphatic rings. The number of halogens is 2. The Morgan fingerprint density at radius 1 is 1.09 bits per heavy atom. The monoisotopic (exact) mass is 525 g/mol. The maximum absolute atomic E-state index is 12.8. The number of benzene rings is 3. The highest BCUT2D eigenvalue weighted by Crippen LogP contribution is 2.40. The average Bonchev–Trinajstić information content (AvgIpc) is 2.86. The fourth-order valence-corrected chi connectivity index (χ4v) is 6.25. The molecule has 35 heavy (non-hydrogen) atoms. The number of methoxy groups -OCH3 is 1. The van der Waals surface area contributed by atoms with Crippen LogP contribution in [0.2, 0.25) is 10.0 Å². The maximum atomic E-state index is 12.8. The Hall–Kier alpha value is -2.67. The second-order valence-electron chi connectivity index (χ2n) is 8.39. The Bertz CT molecular complexity index is 1400. The van der Waals surface area contributed by atoms with E-state index in [9.17, 15) is 4.79 Å². The molecule has 0 bridgehead atoms. The van der Waals surface area contributed by atoms with Crippen LogP contribution in [0.1, 0.15) is 23.8 Å². The van der Waals surface area contributed by atoms with Crippen LogP contribution in [0, 0.1) is 0 Å². The van der Waals surface area contributed by atoms with Gasteiger partial charge in [0.05, 0.1) is 23.8 Å². The predicted octanol–water partition coefficient (Wildman–Crippen LogP) is 7.17. The van der Waals surface area contributed by atoms with Gasteiger partial charge in [-0.1, -0.05) is 41.4 Å². The van der Waals surface area contributed by atoms with Gasteiger partial charge in [0.25, 0.3) is 0 Å². The zero-order chi connectivity index (χ0) is 24.4. The lowest BCUT2D eigenvalue weighted by atomic mass is 10.1. The van der Waals surface area contributed by atoms with Crippen molar-refractivity contribution in [2.45, 2.75) is 18.2 Å². The van der Waals surface area contributed by atoms with Gasteiger partial charge in [0.15, 0.2) is 0 Å². The van der Waals surface area contributed by atoms with E-state index in [2.05, 4.69) is 5.32 Å². The van der Waals surface area contributed by atoms with Gasteiger partial charge >= 0.3 is 0 Å². The molecule has 1 unspecified atom stereocenters. The van der Waals surface area contributed by atoms with Gasteiger partial charge in [-0.15, -0.1) is 11.8 Å². The molecule has 1 amide bonds. The number of thioether (sulfide) groups is 1. The fraction of sp³-hybridized carbons (Fsp3) is 0.259. The van der Waals surface area contributed by atoms with Gasteiger partial charge in [-0.05, 0) is 48.9 Å². The van der Waals surface area contributed by atoms with E-state index >= 15 is 0 Å². The van der Waals surface area contributed by atoms with Gasteiger partial charge < -0.3 is 15.0 Å². The minimum atomic E-state index is -0.0565. The van der Waals surface area contributed by atoms with Crippen LogP contribution >= 0.6 is 35.0 Å². The first-order chi connectivity index (χ1) is 17.0. The summed E-state index contributed by atoms with van der Waals surface area (Å²) in [6, 6.07) is 19.4. The summed E-state index contributed by atoms with van der Waals surface area (Å²) in [7, 11) is 1.66. The molecule has 5 nitrogen and oxygen atoms in total. The highest BCUT2D eigenvalue weighted by atomic mass is 35.5. The van der Waals surface area contributed by atoms with E-state index in [-0.39, 0.29) is 11.3 Å². The van der Waals surface area contributed by atoms with Crippen LogP contribution in [-0.4, -0.2) is 41.7 Å². The number of pyridine rings is 1. The molecule has 1 saturated heterocycles. The minimum absolute atomic E-state index is 0.0565. The SMILES string of the molecule is COc1ccc2nc3cc(Cl)ccc3c(NCCCN3C(=O)CCSC3c3ccccc3Cl)c2c1. The lowest BCUT2D eigenvalue weighted by molar-refractivity contribution is -0.132. The van der Waals surface area contributed by atoms with E-state index in [1.54, 1.807) is 18.9 Å². The summed E-state index contributed by atoms with van der Waals surface area (Å²) in [5.41, 5.74) is 3.68. The summed E-state index contributed by atoms with van der Waals surface area (Å²) in [5, 5.41) is 6.88. The topological polar surface area (TPSA) is 54.5 Å². The summed E-state index contributed by atoms with van der Waals surface area (Å²) >= 11 is 14.5. The van der Waals surface area contributed by atoms with Gasteiger partial charge in [-0.25, -0.2) is 4.98 Å². The van der Waals surface area contributed by atoms with Crippen molar-refractivity contribution < 1.29 is 9.53 Å². The van der Waals surface area contributed by atoms with Crippen molar-refractivity contribution in [3.05, 3.63) is 76.3 Å². The van der Waals surface area contributed by atoms with Crippen LogP contribution in [-0.2, 0) is 4.79 Å². The first-order valence-corrected chi connectivity index (χ1v) is 13.3. The van der Waals surface area contributed by atoms with Crippen LogP contribution in [0.15, 0.2) is 60.7 Å². The van der Waals surface area contributed by atoms with Crippen molar-refractivity contribution in [1.29, 1.82) is 0 Å². The van der Waals surface area contributed by atoms with Crippen molar-refractivity contribution >= 4 is 68.4 Å². The zero-order valence-corrected chi connectivity index (χ0v) is 21.6. The third-order valence-electron chi connectivity index (χ3n) is 6.19. The maximum Gasteiger partial charge on any atom is 0.224 e. The van der Waals surface area contributed by atoms with E-state index in [1.165, 1.54) is 0 Å². The number of rotatable bonds is 7. The number of carbonyl (C=O) groups is 1. The normalized spacial score (nSPS) is 16.1. The van der Waals surface area contributed by atoms with E-state index < -0.39 is 0 Å².